The molecule has 1 fully saturated rings. The van der Waals surface area contributed by atoms with Crippen molar-refractivity contribution in [3.05, 3.63) is 35.4 Å². The molecule has 1 aromatic carbocycles. The van der Waals surface area contributed by atoms with E-state index in [1.54, 1.807) is 24.3 Å². The summed E-state index contributed by atoms with van der Waals surface area (Å²) in [4.78, 5) is 11.9. The van der Waals surface area contributed by atoms with E-state index in [0.29, 0.717) is 23.6 Å². The van der Waals surface area contributed by atoms with Crippen molar-refractivity contribution in [1.82, 2.24) is 5.32 Å². The van der Waals surface area contributed by atoms with Gasteiger partial charge in [0.05, 0.1) is 18.2 Å². The average molecular weight is 244 g/mol. The molecule has 0 aliphatic carbocycles. The Morgan fingerprint density at radius 2 is 2.22 bits per heavy atom. The maximum absolute atomic E-state index is 11.9. The fourth-order valence-corrected chi connectivity index (χ4v) is 2.00. The smallest absolute Gasteiger partial charge is 0.251 e. The molecular formula is C14H16N2O2. The number of nitriles is 1. The molecule has 0 radical (unpaired) electrons. The SMILES string of the molecule is N#Cc1ccc(C(=O)NCC2CCCOC2)cc1. The van der Waals surface area contributed by atoms with Crippen molar-refractivity contribution in [3.63, 3.8) is 0 Å². The first-order valence-corrected chi connectivity index (χ1v) is 6.15. The van der Waals surface area contributed by atoms with E-state index >= 15 is 0 Å². The van der Waals surface area contributed by atoms with Crippen LogP contribution in [0.5, 0.6) is 0 Å². The molecule has 1 atom stereocenters. The van der Waals surface area contributed by atoms with Crippen LogP contribution in [0, 0.1) is 17.2 Å². The highest BCUT2D eigenvalue weighted by Crippen LogP contribution is 2.12. The fraction of sp³-hybridized carbons (Fsp3) is 0.429. The van der Waals surface area contributed by atoms with E-state index in [4.69, 9.17) is 10.00 Å². The summed E-state index contributed by atoms with van der Waals surface area (Å²) in [5.41, 5.74) is 1.15. The Hall–Kier alpha value is -1.86. The lowest BCUT2D eigenvalue weighted by Gasteiger charge is -2.22. The Balaban J connectivity index is 1.85. The molecule has 1 unspecified atom stereocenters. The molecule has 1 aliphatic heterocycles. The minimum atomic E-state index is -0.0925. The summed E-state index contributed by atoms with van der Waals surface area (Å²) < 4.78 is 5.36. The molecule has 2 rings (SSSR count). The Bertz CT molecular complexity index is 442. The van der Waals surface area contributed by atoms with Gasteiger partial charge in [-0.05, 0) is 43.0 Å². The van der Waals surface area contributed by atoms with Gasteiger partial charge in [0.15, 0.2) is 0 Å². The van der Waals surface area contributed by atoms with Crippen LogP contribution in [-0.2, 0) is 4.74 Å². The molecule has 0 bridgehead atoms. The third-order valence-corrected chi connectivity index (χ3v) is 3.08. The topological polar surface area (TPSA) is 62.1 Å². The zero-order chi connectivity index (χ0) is 12.8. The van der Waals surface area contributed by atoms with E-state index in [0.717, 1.165) is 26.1 Å². The van der Waals surface area contributed by atoms with Crippen LogP contribution in [0.15, 0.2) is 24.3 Å². The first-order valence-electron chi connectivity index (χ1n) is 6.15. The van der Waals surface area contributed by atoms with Crippen molar-refractivity contribution in [1.29, 1.82) is 5.26 Å². The lowest BCUT2D eigenvalue weighted by molar-refractivity contribution is 0.0536. The third kappa shape index (κ3) is 3.31. The normalized spacial score (nSPS) is 18.9. The molecule has 1 saturated heterocycles. The van der Waals surface area contributed by atoms with Gasteiger partial charge in [0.25, 0.3) is 5.91 Å². The number of ether oxygens (including phenoxy) is 1. The number of benzene rings is 1. The first-order chi connectivity index (χ1) is 8.79. The van der Waals surface area contributed by atoms with Gasteiger partial charge in [-0.1, -0.05) is 0 Å². The van der Waals surface area contributed by atoms with Crippen molar-refractivity contribution in [2.75, 3.05) is 19.8 Å². The van der Waals surface area contributed by atoms with Crippen LogP contribution in [0.1, 0.15) is 28.8 Å². The highest BCUT2D eigenvalue weighted by atomic mass is 16.5. The minimum absolute atomic E-state index is 0.0925. The number of hydrogen-bond donors (Lipinski definition) is 1. The fourth-order valence-electron chi connectivity index (χ4n) is 2.00. The number of rotatable bonds is 3. The molecule has 4 heteroatoms. The summed E-state index contributed by atoms with van der Waals surface area (Å²) >= 11 is 0. The van der Waals surface area contributed by atoms with Gasteiger partial charge in [-0.2, -0.15) is 5.26 Å². The number of nitrogens with one attached hydrogen (secondary N) is 1. The lowest BCUT2D eigenvalue weighted by Crippen LogP contribution is -2.33. The van der Waals surface area contributed by atoms with Crippen molar-refractivity contribution < 1.29 is 9.53 Å². The number of carbonyl (C=O) groups excluding carboxylic acids is 1. The maximum Gasteiger partial charge on any atom is 0.251 e. The zero-order valence-electron chi connectivity index (χ0n) is 10.2. The summed E-state index contributed by atoms with van der Waals surface area (Å²) in [5.74, 6) is 0.325. The van der Waals surface area contributed by atoms with Crippen LogP contribution in [0.25, 0.3) is 0 Å². The second-order valence-electron chi connectivity index (χ2n) is 4.48. The molecule has 18 heavy (non-hydrogen) atoms. The van der Waals surface area contributed by atoms with Crippen LogP contribution in [-0.4, -0.2) is 25.7 Å². The Kier molecular flexibility index (Phi) is 4.32. The largest absolute Gasteiger partial charge is 0.381 e. The van der Waals surface area contributed by atoms with Crippen LogP contribution >= 0.6 is 0 Å². The van der Waals surface area contributed by atoms with E-state index < -0.39 is 0 Å². The molecule has 4 nitrogen and oxygen atoms in total. The summed E-state index contributed by atoms with van der Waals surface area (Å²) in [5, 5.41) is 11.6. The van der Waals surface area contributed by atoms with E-state index in [2.05, 4.69) is 5.32 Å². The predicted molar refractivity (Wildman–Crippen MR) is 67.0 cm³/mol. The third-order valence-electron chi connectivity index (χ3n) is 3.08. The summed E-state index contributed by atoms with van der Waals surface area (Å²) in [6.07, 6.45) is 2.17. The Morgan fingerprint density at radius 3 is 2.83 bits per heavy atom. The van der Waals surface area contributed by atoms with E-state index in [9.17, 15) is 4.79 Å². The van der Waals surface area contributed by atoms with Crippen LogP contribution in [0.4, 0.5) is 0 Å². The van der Waals surface area contributed by atoms with Gasteiger partial charge in [0.2, 0.25) is 0 Å². The highest BCUT2D eigenvalue weighted by Gasteiger charge is 2.15. The molecule has 1 aliphatic rings. The number of carbonyl (C=O) groups is 1. The Morgan fingerprint density at radius 1 is 1.44 bits per heavy atom. The second kappa shape index (κ2) is 6.18. The number of hydrogen-bond acceptors (Lipinski definition) is 3. The van der Waals surface area contributed by atoms with Crippen LogP contribution in [0.3, 0.4) is 0 Å². The molecule has 1 heterocycles. The molecule has 0 spiro atoms. The van der Waals surface area contributed by atoms with Crippen molar-refractivity contribution in [2.45, 2.75) is 12.8 Å². The quantitative estimate of drug-likeness (QED) is 0.880. The van der Waals surface area contributed by atoms with Gasteiger partial charge in [-0.15, -0.1) is 0 Å². The number of amides is 1. The van der Waals surface area contributed by atoms with Gasteiger partial charge >= 0.3 is 0 Å². The molecule has 1 N–H and O–H groups in total. The van der Waals surface area contributed by atoms with Gasteiger partial charge < -0.3 is 10.1 Å². The van der Waals surface area contributed by atoms with Gasteiger partial charge in [-0.3, -0.25) is 4.79 Å². The molecular weight excluding hydrogens is 228 g/mol. The average Bonchev–Trinajstić information content (AvgIpc) is 2.46. The highest BCUT2D eigenvalue weighted by molar-refractivity contribution is 5.94. The van der Waals surface area contributed by atoms with Crippen molar-refractivity contribution in [2.24, 2.45) is 5.92 Å². The van der Waals surface area contributed by atoms with Gasteiger partial charge in [-0.25, -0.2) is 0 Å². The van der Waals surface area contributed by atoms with Crippen molar-refractivity contribution >= 4 is 5.91 Å². The lowest BCUT2D eigenvalue weighted by atomic mass is 10.0. The molecule has 0 saturated carbocycles. The zero-order valence-corrected chi connectivity index (χ0v) is 10.2. The van der Waals surface area contributed by atoms with Crippen LogP contribution in [0.2, 0.25) is 0 Å². The summed E-state index contributed by atoms with van der Waals surface area (Å²) in [6.45, 7) is 2.21. The molecule has 0 aromatic heterocycles. The monoisotopic (exact) mass is 244 g/mol. The minimum Gasteiger partial charge on any atom is -0.381 e. The molecule has 94 valence electrons. The van der Waals surface area contributed by atoms with Gasteiger partial charge in [0, 0.05) is 18.7 Å². The molecule has 1 aromatic rings. The standard InChI is InChI=1S/C14H16N2O2/c15-8-11-3-5-13(6-4-11)14(17)16-9-12-2-1-7-18-10-12/h3-6,12H,1-2,7,9-10H2,(H,16,17). The first kappa shape index (κ1) is 12.6. The second-order valence-corrected chi connectivity index (χ2v) is 4.48. The van der Waals surface area contributed by atoms with E-state index in [-0.39, 0.29) is 5.91 Å². The molecule has 1 amide bonds. The van der Waals surface area contributed by atoms with Crippen molar-refractivity contribution in [3.8, 4) is 6.07 Å². The predicted octanol–water partition coefficient (Wildman–Crippen LogP) is 1.71. The number of nitrogens with zero attached hydrogens (tertiary/aromatic N) is 1. The maximum atomic E-state index is 11.9. The van der Waals surface area contributed by atoms with E-state index in [1.165, 1.54) is 0 Å². The summed E-state index contributed by atoms with van der Waals surface area (Å²) in [6, 6.07) is 8.68. The Labute approximate surface area is 107 Å². The van der Waals surface area contributed by atoms with Gasteiger partial charge in [0.1, 0.15) is 0 Å². The van der Waals surface area contributed by atoms with E-state index in [1.807, 2.05) is 6.07 Å². The van der Waals surface area contributed by atoms with Crippen LogP contribution < -0.4 is 5.32 Å². The summed E-state index contributed by atoms with van der Waals surface area (Å²) in [7, 11) is 0.